The van der Waals surface area contributed by atoms with E-state index in [1.807, 2.05) is 6.07 Å². The molecule has 1 aromatic carbocycles. The molecule has 0 fully saturated rings. The van der Waals surface area contributed by atoms with Crippen LogP contribution in [0.2, 0.25) is 5.21 Å². The van der Waals surface area contributed by atoms with E-state index in [0.29, 0.717) is 0 Å². The van der Waals surface area contributed by atoms with E-state index < -0.39 is 0 Å². The van der Waals surface area contributed by atoms with Crippen molar-refractivity contribution in [3.8, 4) is 0 Å². The Kier molecular flexibility index (Phi) is 2.95. The molecular formula is C8H8AsF. The molecule has 0 atom stereocenters. The normalized spacial score (nSPS) is 9.80. The molecule has 0 amide bonds. The fourth-order valence-corrected chi connectivity index (χ4v) is 1.36. The van der Waals surface area contributed by atoms with Crippen molar-refractivity contribution in [2.45, 2.75) is 11.6 Å². The predicted molar refractivity (Wildman–Crippen MR) is 40.7 cm³/mol. The number of benzene rings is 1. The second-order valence-electron chi connectivity index (χ2n) is 2.10. The minimum atomic E-state index is -0.140. The molecule has 0 heterocycles. The van der Waals surface area contributed by atoms with Gasteiger partial charge in [0.1, 0.15) is 0 Å². The molecule has 52 valence electrons. The summed E-state index contributed by atoms with van der Waals surface area (Å²) in [5.41, 5.74) is 1.07. The van der Waals surface area contributed by atoms with E-state index in [1.165, 1.54) is 6.07 Å². The van der Waals surface area contributed by atoms with Gasteiger partial charge in [-0.15, -0.1) is 0 Å². The third-order valence-electron chi connectivity index (χ3n) is 1.29. The first-order valence-electron chi connectivity index (χ1n) is 3.18. The van der Waals surface area contributed by atoms with Crippen molar-refractivity contribution in [2.75, 3.05) is 0 Å². The van der Waals surface area contributed by atoms with Gasteiger partial charge in [0.2, 0.25) is 0 Å². The van der Waals surface area contributed by atoms with Gasteiger partial charge in [-0.25, -0.2) is 0 Å². The van der Waals surface area contributed by atoms with Crippen LogP contribution in [0.4, 0.5) is 4.39 Å². The fraction of sp³-hybridized carbons (Fsp3) is 0.250. The molecule has 2 radical (unpaired) electrons. The van der Waals surface area contributed by atoms with Crippen LogP contribution in [0.25, 0.3) is 0 Å². The Morgan fingerprint density at radius 2 is 2.20 bits per heavy atom. The zero-order valence-electron chi connectivity index (χ0n) is 5.55. The van der Waals surface area contributed by atoms with E-state index in [-0.39, 0.29) is 5.82 Å². The van der Waals surface area contributed by atoms with Crippen LogP contribution in [0, 0.1) is 5.82 Å². The van der Waals surface area contributed by atoms with Crippen LogP contribution < -0.4 is 0 Å². The standard InChI is InChI=1S/C8H8AsF/c9-5-4-7-2-1-3-8(10)6-7/h1-3,6H,4-5H2. The maximum atomic E-state index is 12.5. The molecule has 0 nitrogen and oxygen atoms in total. The van der Waals surface area contributed by atoms with Crippen LogP contribution in [-0.2, 0) is 6.42 Å². The van der Waals surface area contributed by atoms with Crippen molar-refractivity contribution in [2.24, 2.45) is 0 Å². The minimum absolute atomic E-state index is 0.140. The Morgan fingerprint density at radius 1 is 1.40 bits per heavy atom. The van der Waals surface area contributed by atoms with Crippen LogP contribution in [0.3, 0.4) is 0 Å². The summed E-state index contributed by atoms with van der Waals surface area (Å²) in [4.78, 5) is 0. The first-order valence-corrected chi connectivity index (χ1v) is 4.51. The molecule has 0 spiro atoms. The molecule has 0 aromatic heterocycles. The molecule has 2 heteroatoms. The molecule has 10 heavy (non-hydrogen) atoms. The van der Waals surface area contributed by atoms with Crippen molar-refractivity contribution in [1.82, 2.24) is 0 Å². The summed E-state index contributed by atoms with van der Waals surface area (Å²) in [5, 5.41) is 1.01. The summed E-state index contributed by atoms with van der Waals surface area (Å²) in [6.07, 6.45) is 0.942. The van der Waals surface area contributed by atoms with Crippen molar-refractivity contribution >= 4 is 16.9 Å². The maximum absolute atomic E-state index is 12.5. The number of aryl methyl sites for hydroxylation is 1. The van der Waals surface area contributed by atoms with Crippen LogP contribution in [0.5, 0.6) is 0 Å². The monoisotopic (exact) mass is 198 g/mol. The van der Waals surface area contributed by atoms with E-state index in [0.717, 1.165) is 17.2 Å². The predicted octanol–water partition coefficient (Wildman–Crippen LogP) is 1.95. The number of halogens is 1. The third kappa shape index (κ3) is 2.15. The Bertz CT molecular complexity index is 210. The second-order valence-corrected chi connectivity index (χ2v) is 3.04. The molecule has 0 N–H and O–H groups in total. The molecule has 0 unspecified atom stereocenters. The fourth-order valence-electron chi connectivity index (χ4n) is 0.822. The molecular weight excluding hydrogens is 190 g/mol. The third-order valence-corrected chi connectivity index (χ3v) is 1.76. The summed E-state index contributed by atoms with van der Waals surface area (Å²) >= 11 is 2.49. The topological polar surface area (TPSA) is 0 Å². The Morgan fingerprint density at radius 3 is 2.80 bits per heavy atom. The van der Waals surface area contributed by atoms with E-state index in [9.17, 15) is 4.39 Å². The zero-order valence-corrected chi connectivity index (χ0v) is 7.43. The van der Waals surface area contributed by atoms with E-state index in [4.69, 9.17) is 0 Å². The van der Waals surface area contributed by atoms with E-state index in [1.54, 1.807) is 12.1 Å². The van der Waals surface area contributed by atoms with Gasteiger partial charge in [0.15, 0.2) is 0 Å². The molecule has 1 aromatic rings. The molecule has 1 rings (SSSR count). The number of hydrogen-bond donors (Lipinski definition) is 0. The van der Waals surface area contributed by atoms with Crippen LogP contribution in [0.1, 0.15) is 5.56 Å². The van der Waals surface area contributed by atoms with E-state index in [2.05, 4.69) is 16.9 Å². The van der Waals surface area contributed by atoms with Gasteiger partial charge in [-0.3, -0.25) is 0 Å². The molecule has 0 aliphatic carbocycles. The van der Waals surface area contributed by atoms with Gasteiger partial charge in [0.05, 0.1) is 0 Å². The van der Waals surface area contributed by atoms with Gasteiger partial charge in [-0.2, -0.15) is 0 Å². The first-order chi connectivity index (χ1) is 4.83. The van der Waals surface area contributed by atoms with Crippen LogP contribution in [-0.4, -0.2) is 16.9 Å². The van der Waals surface area contributed by atoms with Crippen molar-refractivity contribution in [3.05, 3.63) is 35.6 Å². The molecule has 0 saturated heterocycles. The van der Waals surface area contributed by atoms with Gasteiger partial charge >= 0.3 is 68.5 Å². The van der Waals surface area contributed by atoms with Crippen LogP contribution >= 0.6 is 0 Å². The van der Waals surface area contributed by atoms with Gasteiger partial charge in [-0.1, -0.05) is 0 Å². The Balaban J connectivity index is 2.75. The summed E-state index contributed by atoms with van der Waals surface area (Å²) in [6, 6.07) is 6.73. The summed E-state index contributed by atoms with van der Waals surface area (Å²) in [7, 11) is 0. The van der Waals surface area contributed by atoms with Crippen molar-refractivity contribution in [3.63, 3.8) is 0 Å². The molecule has 0 aliphatic rings. The van der Waals surface area contributed by atoms with E-state index >= 15 is 0 Å². The van der Waals surface area contributed by atoms with Crippen LogP contribution in [0.15, 0.2) is 24.3 Å². The SMILES string of the molecule is Fc1cccc(CC[As])c1. The molecule has 0 aliphatic heterocycles. The summed E-state index contributed by atoms with van der Waals surface area (Å²) < 4.78 is 12.5. The zero-order chi connectivity index (χ0) is 7.40. The summed E-state index contributed by atoms with van der Waals surface area (Å²) in [6.45, 7) is 0. The summed E-state index contributed by atoms with van der Waals surface area (Å²) in [5.74, 6) is -0.140. The Hall–Kier alpha value is -0.292. The number of hydrogen-bond acceptors (Lipinski definition) is 0. The quantitative estimate of drug-likeness (QED) is 0.637. The van der Waals surface area contributed by atoms with Gasteiger partial charge in [-0.05, 0) is 0 Å². The van der Waals surface area contributed by atoms with Gasteiger partial charge < -0.3 is 0 Å². The van der Waals surface area contributed by atoms with Crippen molar-refractivity contribution in [1.29, 1.82) is 0 Å². The van der Waals surface area contributed by atoms with Gasteiger partial charge in [0.25, 0.3) is 0 Å². The first kappa shape index (κ1) is 7.81. The molecule has 0 bridgehead atoms. The second kappa shape index (κ2) is 3.77. The van der Waals surface area contributed by atoms with Gasteiger partial charge in [0, 0.05) is 0 Å². The Labute approximate surface area is 68.9 Å². The molecule has 0 saturated carbocycles. The average molecular weight is 198 g/mol. The average Bonchev–Trinajstić information content (AvgIpc) is 1.88. The van der Waals surface area contributed by atoms with Crippen molar-refractivity contribution < 1.29 is 4.39 Å². The number of rotatable bonds is 2.